The first kappa shape index (κ1) is 16.3. The summed E-state index contributed by atoms with van der Waals surface area (Å²) >= 11 is 0. The fourth-order valence-electron chi connectivity index (χ4n) is 2.95. The maximum Gasteiger partial charge on any atom is 0.245 e. The fourth-order valence-corrected chi connectivity index (χ4v) is 4.62. The van der Waals surface area contributed by atoms with Gasteiger partial charge in [-0.2, -0.15) is 4.31 Å². The predicted octanol–water partition coefficient (Wildman–Crippen LogP) is 3.32. The third-order valence-electron chi connectivity index (χ3n) is 4.26. The first-order chi connectivity index (χ1) is 10.1. The SMILES string of the molecule is CCNc1ccccc1S(=O)(=O)N1CCCC(CC)CC1. The van der Waals surface area contributed by atoms with Gasteiger partial charge < -0.3 is 5.32 Å². The monoisotopic (exact) mass is 310 g/mol. The number of nitrogens with zero attached hydrogens (tertiary/aromatic N) is 1. The van der Waals surface area contributed by atoms with Crippen molar-refractivity contribution in [2.45, 2.75) is 44.4 Å². The van der Waals surface area contributed by atoms with Crippen molar-refractivity contribution in [2.75, 3.05) is 25.0 Å². The van der Waals surface area contributed by atoms with E-state index in [1.54, 1.807) is 16.4 Å². The van der Waals surface area contributed by atoms with Gasteiger partial charge in [-0.15, -0.1) is 0 Å². The summed E-state index contributed by atoms with van der Waals surface area (Å²) in [7, 11) is -3.40. The summed E-state index contributed by atoms with van der Waals surface area (Å²) in [4.78, 5) is 0.404. The molecule has 1 fully saturated rings. The van der Waals surface area contributed by atoms with Crippen LogP contribution < -0.4 is 5.32 Å². The lowest BCUT2D eigenvalue weighted by atomic mass is 9.98. The van der Waals surface area contributed by atoms with Gasteiger partial charge in [-0.1, -0.05) is 25.5 Å². The van der Waals surface area contributed by atoms with E-state index in [0.29, 0.717) is 36.1 Å². The molecule has 1 aliphatic heterocycles. The molecular formula is C16H26N2O2S. The highest BCUT2D eigenvalue weighted by atomic mass is 32.2. The molecule has 0 spiro atoms. The van der Waals surface area contributed by atoms with Crippen LogP contribution in [0.3, 0.4) is 0 Å². The number of hydrogen-bond donors (Lipinski definition) is 1. The van der Waals surface area contributed by atoms with E-state index in [9.17, 15) is 8.42 Å². The first-order valence-electron chi connectivity index (χ1n) is 7.92. The lowest BCUT2D eigenvalue weighted by molar-refractivity contribution is 0.407. The highest BCUT2D eigenvalue weighted by Crippen LogP contribution is 2.28. The van der Waals surface area contributed by atoms with Crippen LogP contribution in [0.15, 0.2) is 29.2 Å². The second kappa shape index (κ2) is 7.27. The van der Waals surface area contributed by atoms with Crippen LogP contribution in [0.2, 0.25) is 0 Å². The predicted molar refractivity (Wildman–Crippen MR) is 87.0 cm³/mol. The standard InChI is InChI=1S/C16H26N2O2S/c1-3-14-8-7-12-18(13-11-14)21(19,20)16-10-6-5-9-15(16)17-4-2/h5-6,9-10,14,17H,3-4,7-8,11-13H2,1-2H3. The highest BCUT2D eigenvalue weighted by molar-refractivity contribution is 7.89. The summed E-state index contributed by atoms with van der Waals surface area (Å²) in [6.07, 6.45) is 4.21. The molecule has 21 heavy (non-hydrogen) atoms. The Kier molecular flexibility index (Phi) is 5.65. The van der Waals surface area contributed by atoms with E-state index in [0.717, 1.165) is 25.7 Å². The van der Waals surface area contributed by atoms with Crippen LogP contribution in [0.5, 0.6) is 0 Å². The van der Waals surface area contributed by atoms with Gasteiger partial charge in [-0.05, 0) is 44.2 Å². The number of nitrogens with one attached hydrogen (secondary N) is 1. The van der Waals surface area contributed by atoms with Crippen LogP contribution >= 0.6 is 0 Å². The number of sulfonamides is 1. The zero-order chi connectivity index (χ0) is 15.3. The molecule has 1 saturated heterocycles. The van der Waals surface area contributed by atoms with Gasteiger partial charge in [-0.25, -0.2) is 8.42 Å². The van der Waals surface area contributed by atoms with E-state index < -0.39 is 10.0 Å². The Balaban J connectivity index is 2.25. The van der Waals surface area contributed by atoms with E-state index in [4.69, 9.17) is 0 Å². The molecule has 0 bridgehead atoms. The molecule has 1 aromatic carbocycles. The molecule has 2 rings (SSSR count). The third kappa shape index (κ3) is 3.77. The average Bonchev–Trinajstić information content (AvgIpc) is 2.74. The van der Waals surface area contributed by atoms with Gasteiger partial charge in [0.25, 0.3) is 0 Å². The molecule has 0 aromatic heterocycles. The quantitative estimate of drug-likeness (QED) is 0.907. The number of anilines is 1. The molecule has 0 amide bonds. The first-order valence-corrected chi connectivity index (χ1v) is 9.36. The Morgan fingerprint density at radius 3 is 2.67 bits per heavy atom. The molecule has 0 saturated carbocycles. The molecule has 1 N–H and O–H groups in total. The van der Waals surface area contributed by atoms with Crippen LogP contribution in [-0.4, -0.2) is 32.4 Å². The van der Waals surface area contributed by atoms with Crippen molar-refractivity contribution >= 4 is 15.7 Å². The van der Waals surface area contributed by atoms with Crippen molar-refractivity contribution in [3.05, 3.63) is 24.3 Å². The lowest BCUT2D eigenvalue weighted by Gasteiger charge is -2.22. The molecule has 1 unspecified atom stereocenters. The van der Waals surface area contributed by atoms with Crippen LogP contribution in [0, 0.1) is 5.92 Å². The van der Waals surface area contributed by atoms with Gasteiger partial charge in [0.1, 0.15) is 4.90 Å². The Hall–Kier alpha value is -1.07. The minimum absolute atomic E-state index is 0.404. The van der Waals surface area contributed by atoms with E-state index >= 15 is 0 Å². The molecule has 1 aromatic rings. The van der Waals surface area contributed by atoms with Gasteiger partial charge in [0.15, 0.2) is 0 Å². The summed E-state index contributed by atoms with van der Waals surface area (Å²) in [5.74, 6) is 0.661. The van der Waals surface area contributed by atoms with Crippen LogP contribution in [0.1, 0.15) is 39.5 Å². The van der Waals surface area contributed by atoms with Crippen molar-refractivity contribution in [1.29, 1.82) is 0 Å². The minimum Gasteiger partial charge on any atom is -0.384 e. The number of benzene rings is 1. The number of para-hydroxylation sites is 1. The highest BCUT2D eigenvalue weighted by Gasteiger charge is 2.28. The van der Waals surface area contributed by atoms with Crippen molar-refractivity contribution in [3.8, 4) is 0 Å². The van der Waals surface area contributed by atoms with Crippen molar-refractivity contribution in [2.24, 2.45) is 5.92 Å². The van der Waals surface area contributed by atoms with Gasteiger partial charge >= 0.3 is 0 Å². The second-order valence-electron chi connectivity index (χ2n) is 5.64. The molecule has 5 heteroatoms. The van der Waals surface area contributed by atoms with E-state index in [1.807, 2.05) is 19.1 Å². The number of hydrogen-bond acceptors (Lipinski definition) is 3. The molecule has 1 atom stereocenters. The van der Waals surface area contributed by atoms with Crippen LogP contribution in [0.25, 0.3) is 0 Å². The number of rotatable bonds is 5. The van der Waals surface area contributed by atoms with Crippen molar-refractivity contribution in [1.82, 2.24) is 4.31 Å². The zero-order valence-corrected chi connectivity index (χ0v) is 13.8. The Morgan fingerprint density at radius 1 is 1.19 bits per heavy atom. The molecule has 4 nitrogen and oxygen atoms in total. The van der Waals surface area contributed by atoms with Gasteiger partial charge in [0.2, 0.25) is 10.0 Å². The normalized spacial score (nSPS) is 21.0. The molecule has 118 valence electrons. The molecule has 1 heterocycles. The van der Waals surface area contributed by atoms with Crippen LogP contribution in [-0.2, 0) is 10.0 Å². The molecular weight excluding hydrogens is 284 g/mol. The minimum atomic E-state index is -3.40. The average molecular weight is 310 g/mol. The van der Waals surface area contributed by atoms with E-state index in [-0.39, 0.29) is 0 Å². The summed E-state index contributed by atoms with van der Waals surface area (Å²) in [6.45, 7) is 6.15. The maximum absolute atomic E-state index is 12.9. The summed E-state index contributed by atoms with van der Waals surface area (Å²) in [5.41, 5.74) is 0.705. The fraction of sp³-hybridized carbons (Fsp3) is 0.625. The summed E-state index contributed by atoms with van der Waals surface area (Å²) in [6, 6.07) is 7.20. The Bertz CT molecular complexity index is 557. The van der Waals surface area contributed by atoms with Crippen molar-refractivity contribution in [3.63, 3.8) is 0 Å². The van der Waals surface area contributed by atoms with Gasteiger partial charge in [0, 0.05) is 19.6 Å². The van der Waals surface area contributed by atoms with Crippen LogP contribution in [0.4, 0.5) is 5.69 Å². The summed E-state index contributed by atoms with van der Waals surface area (Å²) < 4.78 is 27.5. The largest absolute Gasteiger partial charge is 0.384 e. The Morgan fingerprint density at radius 2 is 1.95 bits per heavy atom. The smallest absolute Gasteiger partial charge is 0.245 e. The topological polar surface area (TPSA) is 49.4 Å². The third-order valence-corrected chi connectivity index (χ3v) is 6.21. The van der Waals surface area contributed by atoms with Gasteiger partial charge in [-0.3, -0.25) is 0 Å². The lowest BCUT2D eigenvalue weighted by Crippen LogP contribution is -2.32. The zero-order valence-electron chi connectivity index (χ0n) is 13.0. The molecule has 0 aliphatic carbocycles. The van der Waals surface area contributed by atoms with E-state index in [2.05, 4.69) is 12.2 Å². The molecule has 0 radical (unpaired) electrons. The second-order valence-corrected chi connectivity index (χ2v) is 7.54. The maximum atomic E-state index is 12.9. The molecule has 1 aliphatic rings. The summed E-state index contributed by atoms with van der Waals surface area (Å²) in [5, 5.41) is 3.15. The van der Waals surface area contributed by atoms with E-state index in [1.165, 1.54) is 0 Å². The van der Waals surface area contributed by atoms with Crippen molar-refractivity contribution < 1.29 is 8.42 Å². The Labute approximate surface area is 128 Å². The van der Waals surface area contributed by atoms with Gasteiger partial charge in [0.05, 0.1) is 5.69 Å².